The summed E-state index contributed by atoms with van der Waals surface area (Å²) in [7, 11) is 0. The van der Waals surface area contributed by atoms with Crippen LogP contribution in [0.5, 0.6) is 0 Å². The lowest BCUT2D eigenvalue weighted by atomic mass is 10.0. The van der Waals surface area contributed by atoms with Crippen LogP contribution in [0.15, 0.2) is 4.52 Å². The molecule has 17 heavy (non-hydrogen) atoms. The van der Waals surface area contributed by atoms with Gasteiger partial charge in [0.25, 0.3) is 0 Å². The average molecular weight is 258 g/mol. The van der Waals surface area contributed by atoms with Crippen molar-refractivity contribution >= 4 is 11.8 Å². The number of thioether (sulfide) groups is 1. The average Bonchev–Trinajstić information content (AvgIpc) is 2.87. The first-order valence-corrected chi connectivity index (χ1v) is 7.08. The van der Waals surface area contributed by atoms with Gasteiger partial charge in [-0.2, -0.15) is 16.7 Å². The lowest BCUT2D eigenvalue weighted by Gasteiger charge is -2.18. The number of aliphatic hydroxyl groups is 1. The van der Waals surface area contributed by atoms with Crippen LogP contribution in [-0.4, -0.2) is 39.5 Å². The summed E-state index contributed by atoms with van der Waals surface area (Å²) in [5, 5.41) is 13.7. The SMILES string of the molecule is CCC(O)C(C)c1nc(C2CSCCO2)no1. The normalized spacial score (nSPS) is 24.5. The van der Waals surface area contributed by atoms with Crippen LogP contribution in [0.4, 0.5) is 0 Å². The molecule has 3 unspecified atom stereocenters. The van der Waals surface area contributed by atoms with Crippen molar-refractivity contribution in [2.75, 3.05) is 18.1 Å². The van der Waals surface area contributed by atoms with E-state index in [4.69, 9.17) is 9.26 Å². The summed E-state index contributed by atoms with van der Waals surface area (Å²) < 4.78 is 10.8. The molecular formula is C11H18N2O3S. The number of aromatic nitrogens is 2. The minimum Gasteiger partial charge on any atom is -0.392 e. The number of aliphatic hydroxyl groups excluding tert-OH is 1. The molecule has 1 aliphatic heterocycles. The molecule has 2 heterocycles. The molecule has 2 rings (SSSR count). The second-order valence-corrected chi connectivity index (χ2v) is 5.34. The molecule has 6 heteroatoms. The Kier molecular flexibility index (Phi) is 4.42. The Morgan fingerprint density at radius 2 is 2.41 bits per heavy atom. The van der Waals surface area contributed by atoms with Crippen molar-refractivity contribution in [3.63, 3.8) is 0 Å². The fraction of sp³-hybridized carbons (Fsp3) is 0.818. The van der Waals surface area contributed by atoms with E-state index in [1.807, 2.05) is 25.6 Å². The van der Waals surface area contributed by atoms with Gasteiger partial charge in [-0.15, -0.1) is 0 Å². The van der Waals surface area contributed by atoms with Crippen LogP contribution in [-0.2, 0) is 4.74 Å². The second-order valence-electron chi connectivity index (χ2n) is 4.19. The molecule has 96 valence electrons. The lowest BCUT2D eigenvalue weighted by molar-refractivity contribution is 0.0677. The van der Waals surface area contributed by atoms with E-state index in [-0.39, 0.29) is 12.0 Å². The summed E-state index contributed by atoms with van der Waals surface area (Å²) in [6.45, 7) is 4.55. The first kappa shape index (κ1) is 12.9. The van der Waals surface area contributed by atoms with Crippen LogP contribution in [0.1, 0.15) is 44.0 Å². The van der Waals surface area contributed by atoms with E-state index < -0.39 is 6.10 Å². The summed E-state index contributed by atoms with van der Waals surface area (Å²) in [6.07, 6.45) is 0.163. The van der Waals surface area contributed by atoms with Gasteiger partial charge in [-0.1, -0.05) is 19.0 Å². The maximum atomic E-state index is 9.74. The van der Waals surface area contributed by atoms with Crippen LogP contribution in [0.2, 0.25) is 0 Å². The smallest absolute Gasteiger partial charge is 0.232 e. The van der Waals surface area contributed by atoms with Gasteiger partial charge >= 0.3 is 0 Å². The third-order valence-corrected chi connectivity index (χ3v) is 3.94. The van der Waals surface area contributed by atoms with Gasteiger partial charge in [0.05, 0.1) is 18.6 Å². The topological polar surface area (TPSA) is 68.4 Å². The molecule has 0 amide bonds. The van der Waals surface area contributed by atoms with Gasteiger partial charge in [-0.05, 0) is 6.42 Å². The molecule has 1 saturated heterocycles. The number of hydrogen-bond acceptors (Lipinski definition) is 6. The lowest BCUT2D eigenvalue weighted by Crippen LogP contribution is -2.17. The molecule has 1 N–H and O–H groups in total. The molecule has 0 aromatic carbocycles. The first-order valence-electron chi connectivity index (χ1n) is 5.93. The minimum absolute atomic E-state index is 0.0720. The molecule has 0 radical (unpaired) electrons. The van der Waals surface area contributed by atoms with Gasteiger partial charge in [0.1, 0.15) is 6.10 Å². The van der Waals surface area contributed by atoms with Crippen molar-refractivity contribution in [1.82, 2.24) is 10.1 Å². The van der Waals surface area contributed by atoms with Gasteiger partial charge in [0.15, 0.2) is 0 Å². The predicted octanol–water partition coefficient (Wildman–Crippen LogP) is 1.75. The monoisotopic (exact) mass is 258 g/mol. The van der Waals surface area contributed by atoms with E-state index in [1.165, 1.54) is 0 Å². The highest BCUT2D eigenvalue weighted by atomic mass is 32.2. The quantitative estimate of drug-likeness (QED) is 0.887. The van der Waals surface area contributed by atoms with Gasteiger partial charge in [0.2, 0.25) is 11.7 Å². The van der Waals surface area contributed by atoms with Crippen molar-refractivity contribution in [3.8, 4) is 0 Å². The fourth-order valence-corrected chi connectivity index (χ4v) is 2.56. The van der Waals surface area contributed by atoms with E-state index in [2.05, 4.69) is 10.1 Å². The standard InChI is InChI=1S/C11H18N2O3S/c1-3-8(14)7(2)11-12-10(13-16-11)9-6-17-5-4-15-9/h7-9,14H,3-6H2,1-2H3. The number of rotatable bonds is 4. The Bertz CT molecular complexity index is 336. The molecule has 0 aliphatic carbocycles. The van der Waals surface area contributed by atoms with E-state index in [0.29, 0.717) is 18.1 Å². The highest BCUT2D eigenvalue weighted by Gasteiger charge is 2.25. The molecule has 0 spiro atoms. The summed E-state index contributed by atoms with van der Waals surface area (Å²) >= 11 is 1.83. The fourth-order valence-electron chi connectivity index (χ4n) is 1.72. The molecule has 5 nitrogen and oxygen atoms in total. The Balaban J connectivity index is 2.04. The van der Waals surface area contributed by atoms with Gasteiger partial charge in [-0.25, -0.2) is 0 Å². The largest absolute Gasteiger partial charge is 0.392 e. The van der Waals surface area contributed by atoms with Crippen molar-refractivity contribution in [3.05, 3.63) is 11.7 Å². The minimum atomic E-state index is -0.440. The van der Waals surface area contributed by atoms with Crippen LogP contribution in [0, 0.1) is 0 Å². The van der Waals surface area contributed by atoms with Gasteiger partial charge in [-0.3, -0.25) is 0 Å². The highest BCUT2D eigenvalue weighted by Crippen LogP contribution is 2.26. The number of hydrogen-bond donors (Lipinski definition) is 1. The zero-order valence-electron chi connectivity index (χ0n) is 10.1. The third-order valence-electron chi connectivity index (χ3n) is 2.95. The summed E-state index contributed by atoms with van der Waals surface area (Å²) in [5.74, 6) is 2.85. The van der Waals surface area contributed by atoms with Crippen molar-refractivity contribution in [1.29, 1.82) is 0 Å². The van der Waals surface area contributed by atoms with Crippen LogP contribution < -0.4 is 0 Å². The van der Waals surface area contributed by atoms with Gasteiger partial charge in [0, 0.05) is 11.5 Å². The van der Waals surface area contributed by atoms with E-state index >= 15 is 0 Å². The Hall–Kier alpha value is -0.590. The molecule has 1 fully saturated rings. The van der Waals surface area contributed by atoms with Gasteiger partial charge < -0.3 is 14.4 Å². The molecule has 0 saturated carbocycles. The summed E-state index contributed by atoms with van der Waals surface area (Å²) in [6, 6.07) is 0. The van der Waals surface area contributed by atoms with Crippen molar-refractivity contribution in [2.24, 2.45) is 0 Å². The Morgan fingerprint density at radius 1 is 1.59 bits per heavy atom. The van der Waals surface area contributed by atoms with Crippen molar-refractivity contribution in [2.45, 2.75) is 38.4 Å². The van der Waals surface area contributed by atoms with Crippen molar-refractivity contribution < 1.29 is 14.4 Å². The highest BCUT2D eigenvalue weighted by molar-refractivity contribution is 7.99. The van der Waals surface area contributed by atoms with Crippen LogP contribution in [0.25, 0.3) is 0 Å². The number of nitrogens with zero attached hydrogens (tertiary/aromatic N) is 2. The molecule has 1 aromatic heterocycles. The number of ether oxygens (including phenoxy) is 1. The van der Waals surface area contributed by atoms with Crippen LogP contribution >= 0.6 is 11.8 Å². The first-order chi connectivity index (χ1) is 8.22. The molecule has 1 aliphatic rings. The molecular weight excluding hydrogens is 240 g/mol. The second kappa shape index (κ2) is 5.84. The summed E-state index contributed by atoms with van der Waals surface area (Å²) in [4.78, 5) is 4.33. The van der Waals surface area contributed by atoms with E-state index in [1.54, 1.807) is 0 Å². The molecule has 1 aromatic rings. The Morgan fingerprint density at radius 3 is 3.06 bits per heavy atom. The van der Waals surface area contributed by atoms with E-state index in [0.717, 1.165) is 18.1 Å². The summed E-state index contributed by atoms with van der Waals surface area (Å²) in [5.41, 5.74) is 0. The molecule has 0 bridgehead atoms. The van der Waals surface area contributed by atoms with Crippen LogP contribution in [0.3, 0.4) is 0 Å². The maximum Gasteiger partial charge on any atom is 0.232 e. The third kappa shape index (κ3) is 3.00. The molecule has 3 atom stereocenters. The zero-order valence-corrected chi connectivity index (χ0v) is 10.9. The Labute approximate surface area is 105 Å². The predicted molar refractivity (Wildman–Crippen MR) is 65.0 cm³/mol. The van der Waals surface area contributed by atoms with E-state index in [9.17, 15) is 5.11 Å². The maximum absolute atomic E-state index is 9.74. The zero-order chi connectivity index (χ0) is 12.3.